The lowest BCUT2D eigenvalue weighted by molar-refractivity contribution is -0.121. The molecule has 0 aliphatic rings. The summed E-state index contributed by atoms with van der Waals surface area (Å²) in [6.45, 7) is 1.55. The Hall–Kier alpha value is -3.08. The van der Waals surface area contributed by atoms with Crippen molar-refractivity contribution in [2.24, 2.45) is 0 Å². The van der Waals surface area contributed by atoms with Crippen molar-refractivity contribution in [1.82, 2.24) is 19.9 Å². The van der Waals surface area contributed by atoms with E-state index in [0.717, 1.165) is 42.4 Å². The van der Waals surface area contributed by atoms with E-state index in [1.54, 1.807) is 0 Å². The van der Waals surface area contributed by atoms with Crippen LogP contribution < -0.4 is 5.32 Å². The zero-order valence-electron chi connectivity index (χ0n) is 15.3. The van der Waals surface area contributed by atoms with Gasteiger partial charge in [-0.1, -0.05) is 30.3 Å². The minimum Gasteiger partial charge on any atom is -0.361 e. The van der Waals surface area contributed by atoms with Crippen LogP contribution in [0, 0.1) is 0 Å². The highest BCUT2D eigenvalue weighted by molar-refractivity contribution is 5.83. The molecular weight excluding hydrogens is 336 g/mol. The Balaban J connectivity index is 1.18. The molecule has 2 heterocycles. The van der Waals surface area contributed by atoms with Crippen LogP contribution in [0.5, 0.6) is 0 Å². The molecule has 1 amide bonds. The van der Waals surface area contributed by atoms with E-state index in [4.69, 9.17) is 0 Å². The number of fused-ring (bicyclic) bond motifs is 2. The molecule has 5 heteroatoms. The average Bonchev–Trinajstić information content (AvgIpc) is 3.30. The summed E-state index contributed by atoms with van der Waals surface area (Å²) in [4.78, 5) is 19.7. The lowest BCUT2D eigenvalue weighted by Crippen LogP contribution is -2.25. The topological polar surface area (TPSA) is 62.7 Å². The van der Waals surface area contributed by atoms with Gasteiger partial charge in [0.15, 0.2) is 0 Å². The van der Waals surface area contributed by atoms with Crippen LogP contribution in [0.25, 0.3) is 21.9 Å². The Morgan fingerprint density at radius 1 is 1.07 bits per heavy atom. The van der Waals surface area contributed by atoms with Gasteiger partial charge in [-0.05, 0) is 43.0 Å². The molecule has 2 aromatic carbocycles. The maximum Gasteiger partial charge on any atom is 0.220 e. The molecule has 5 nitrogen and oxygen atoms in total. The van der Waals surface area contributed by atoms with Gasteiger partial charge in [-0.15, -0.1) is 0 Å². The first-order valence-corrected chi connectivity index (χ1v) is 9.53. The molecule has 27 heavy (non-hydrogen) atoms. The van der Waals surface area contributed by atoms with E-state index in [0.29, 0.717) is 13.0 Å². The Kier molecular flexibility index (Phi) is 5.19. The van der Waals surface area contributed by atoms with E-state index in [2.05, 4.69) is 50.3 Å². The van der Waals surface area contributed by atoms with Gasteiger partial charge in [-0.3, -0.25) is 4.79 Å². The quantitative estimate of drug-likeness (QED) is 0.466. The molecule has 0 saturated carbocycles. The molecule has 0 radical (unpaired) electrons. The van der Waals surface area contributed by atoms with E-state index >= 15 is 0 Å². The molecular formula is C22H24N4O. The van der Waals surface area contributed by atoms with Crippen LogP contribution in [0.2, 0.25) is 0 Å². The van der Waals surface area contributed by atoms with Gasteiger partial charge in [-0.25, -0.2) is 4.98 Å². The van der Waals surface area contributed by atoms with Gasteiger partial charge in [0.1, 0.15) is 0 Å². The molecule has 0 aliphatic heterocycles. The third-order valence-electron chi connectivity index (χ3n) is 4.95. The number of nitrogens with one attached hydrogen (secondary N) is 2. The smallest absolute Gasteiger partial charge is 0.220 e. The number of rotatable bonds is 8. The van der Waals surface area contributed by atoms with Gasteiger partial charge in [0.05, 0.1) is 17.4 Å². The number of benzene rings is 2. The lowest BCUT2D eigenvalue weighted by atomic mass is 10.1. The van der Waals surface area contributed by atoms with Crippen molar-refractivity contribution in [3.05, 3.63) is 66.6 Å². The van der Waals surface area contributed by atoms with Crippen molar-refractivity contribution < 1.29 is 4.79 Å². The number of aromatic amines is 1. The molecule has 2 aromatic heterocycles. The summed E-state index contributed by atoms with van der Waals surface area (Å²) in [6, 6.07) is 16.4. The number of nitrogens with zero attached hydrogens (tertiary/aromatic N) is 2. The molecule has 0 atom stereocenters. The second-order valence-electron chi connectivity index (χ2n) is 6.84. The highest BCUT2D eigenvalue weighted by Crippen LogP contribution is 2.19. The summed E-state index contributed by atoms with van der Waals surface area (Å²) >= 11 is 0. The van der Waals surface area contributed by atoms with Crippen molar-refractivity contribution in [2.75, 3.05) is 6.54 Å². The number of imidazole rings is 1. The molecule has 0 saturated heterocycles. The zero-order chi connectivity index (χ0) is 18.5. The summed E-state index contributed by atoms with van der Waals surface area (Å²) in [7, 11) is 0. The molecule has 0 spiro atoms. The first-order valence-electron chi connectivity index (χ1n) is 9.53. The summed E-state index contributed by atoms with van der Waals surface area (Å²) in [5.41, 5.74) is 4.59. The molecule has 0 fully saturated rings. The maximum atomic E-state index is 12.1. The molecule has 4 aromatic rings. The standard InChI is InChI=1S/C22H24N4O/c27-22(12-5-7-17-15-24-19-9-2-1-8-18(17)19)23-13-6-14-26-16-25-20-10-3-4-11-21(20)26/h1-4,8-11,15-16,24H,5-7,12-14H2,(H,23,27). The zero-order valence-corrected chi connectivity index (χ0v) is 15.3. The van der Waals surface area contributed by atoms with Gasteiger partial charge in [0.25, 0.3) is 0 Å². The van der Waals surface area contributed by atoms with Crippen LogP contribution in [0.1, 0.15) is 24.8 Å². The molecule has 138 valence electrons. The van der Waals surface area contributed by atoms with Crippen LogP contribution in [-0.2, 0) is 17.8 Å². The van der Waals surface area contributed by atoms with Gasteiger partial charge < -0.3 is 14.9 Å². The third-order valence-corrected chi connectivity index (χ3v) is 4.95. The first-order chi connectivity index (χ1) is 13.3. The molecule has 0 aliphatic carbocycles. The van der Waals surface area contributed by atoms with Crippen molar-refractivity contribution in [1.29, 1.82) is 0 Å². The largest absolute Gasteiger partial charge is 0.361 e. The number of hydrogen-bond acceptors (Lipinski definition) is 2. The fraction of sp³-hybridized carbons (Fsp3) is 0.273. The van der Waals surface area contributed by atoms with Gasteiger partial charge in [-0.2, -0.15) is 0 Å². The minimum absolute atomic E-state index is 0.130. The molecule has 4 rings (SSSR count). The van der Waals surface area contributed by atoms with Gasteiger partial charge in [0, 0.05) is 36.6 Å². The predicted molar refractivity (Wildman–Crippen MR) is 109 cm³/mol. The number of aryl methyl sites for hydroxylation is 2. The SMILES string of the molecule is O=C(CCCc1c[nH]c2ccccc12)NCCCn1cnc2ccccc21. The van der Waals surface area contributed by atoms with Crippen molar-refractivity contribution in [3.8, 4) is 0 Å². The van der Waals surface area contributed by atoms with Crippen molar-refractivity contribution in [2.45, 2.75) is 32.2 Å². The number of amides is 1. The fourth-order valence-electron chi connectivity index (χ4n) is 3.53. The molecule has 0 bridgehead atoms. The Morgan fingerprint density at radius 3 is 2.89 bits per heavy atom. The number of carbonyl (C=O) groups is 1. The Morgan fingerprint density at radius 2 is 1.93 bits per heavy atom. The Labute approximate surface area is 158 Å². The maximum absolute atomic E-state index is 12.1. The number of carbonyl (C=O) groups excluding carboxylic acids is 1. The second-order valence-corrected chi connectivity index (χ2v) is 6.84. The first kappa shape index (κ1) is 17.3. The van der Waals surface area contributed by atoms with Gasteiger partial charge >= 0.3 is 0 Å². The van der Waals surface area contributed by atoms with E-state index in [-0.39, 0.29) is 5.91 Å². The van der Waals surface area contributed by atoms with Crippen molar-refractivity contribution >= 4 is 27.8 Å². The summed E-state index contributed by atoms with van der Waals surface area (Å²) < 4.78 is 2.14. The molecule has 0 unspecified atom stereocenters. The highest BCUT2D eigenvalue weighted by Gasteiger charge is 2.06. The molecule has 2 N–H and O–H groups in total. The normalized spacial score (nSPS) is 11.3. The fourth-order valence-corrected chi connectivity index (χ4v) is 3.53. The second kappa shape index (κ2) is 8.08. The number of H-pyrrole nitrogens is 1. The van der Waals surface area contributed by atoms with Crippen LogP contribution in [0.15, 0.2) is 61.1 Å². The summed E-state index contributed by atoms with van der Waals surface area (Å²) in [5, 5.41) is 4.28. The van der Waals surface area contributed by atoms with Crippen LogP contribution in [0.3, 0.4) is 0 Å². The lowest BCUT2D eigenvalue weighted by Gasteiger charge is -2.07. The number of hydrogen-bond donors (Lipinski definition) is 2. The van der Waals surface area contributed by atoms with E-state index in [9.17, 15) is 4.79 Å². The number of aromatic nitrogens is 3. The van der Waals surface area contributed by atoms with Gasteiger partial charge in [0.2, 0.25) is 5.91 Å². The third kappa shape index (κ3) is 4.03. The van der Waals surface area contributed by atoms with Crippen LogP contribution in [-0.4, -0.2) is 27.0 Å². The van der Waals surface area contributed by atoms with E-state index in [1.165, 1.54) is 10.9 Å². The van der Waals surface area contributed by atoms with Crippen molar-refractivity contribution in [3.63, 3.8) is 0 Å². The monoisotopic (exact) mass is 360 g/mol. The number of para-hydroxylation sites is 3. The highest BCUT2D eigenvalue weighted by atomic mass is 16.1. The summed E-state index contributed by atoms with van der Waals surface area (Å²) in [5.74, 6) is 0.130. The Bertz CT molecular complexity index is 1050. The average molecular weight is 360 g/mol. The van der Waals surface area contributed by atoms with Crippen LogP contribution >= 0.6 is 0 Å². The predicted octanol–water partition coefficient (Wildman–Crippen LogP) is 4.05. The minimum atomic E-state index is 0.130. The summed E-state index contributed by atoms with van der Waals surface area (Å²) in [6.07, 6.45) is 7.16. The van der Waals surface area contributed by atoms with E-state index < -0.39 is 0 Å². The van der Waals surface area contributed by atoms with E-state index in [1.807, 2.05) is 30.6 Å². The van der Waals surface area contributed by atoms with Crippen LogP contribution in [0.4, 0.5) is 0 Å².